The molecule has 2 aliphatic rings. The third-order valence-electron chi connectivity index (χ3n) is 9.11. The number of likely N-dealkylation sites (tertiary alicyclic amines) is 2. The Kier molecular flexibility index (Phi) is 14.6. The summed E-state index contributed by atoms with van der Waals surface area (Å²) >= 11 is 0. The summed E-state index contributed by atoms with van der Waals surface area (Å²) in [4.78, 5) is 17.4. The van der Waals surface area contributed by atoms with E-state index >= 15 is 0 Å². The molecule has 0 saturated carbocycles. The monoisotopic (exact) mass is 632 g/mol. The fourth-order valence-corrected chi connectivity index (χ4v) is 6.55. The molecule has 1 amide bonds. The number of hydrogen-bond acceptors (Lipinski definition) is 4. The molecule has 0 aromatic heterocycles. The van der Waals surface area contributed by atoms with Gasteiger partial charge in [0.25, 0.3) is 0 Å². The van der Waals surface area contributed by atoms with Crippen molar-refractivity contribution in [2.75, 3.05) is 32.8 Å². The summed E-state index contributed by atoms with van der Waals surface area (Å²) < 4.78 is 11.8. The Labute approximate surface area is 282 Å². The fraction of sp³-hybridized carbons (Fsp3) is 0.405. The quantitative estimate of drug-likeness (QED) is 0.157. The molecule has 0 bridgehead atoms. The molecule has 0 N–H and O–H groups in total. The smallest absolute Gasteiger partial charge is 0.228 e. The third kappa shape index (κ3) is 12.4. The summed E-state index contributed by atoms with van der Waals surface area (Å²) in [5.41, 5.74) is 5.03. The highest BCUT2D eigenvalue weighted by Gasteiger charge is 2.27. The highest BCUT2D eigenvalue weighted by atomic mass is 16.5. The minimum Gasteiger partial charge on any atom is -0.376 e. The predicted molar refractivity (Wildman–Crippen MR) is 190 cm³/mol. The molecule has 6 rings (SSSR count). The van der Waals surface area contributed by atoms with Crippen LogP contribution in [0.2, 0.25) is 0 Å². The van der Waals surface area contributed by atoms with Gasteiger partial charge in [0.05, 0.1) is 32.3 Å². The van der Waals surface area contributed by atoms with Gasteiger partial charge in [0.2, 0.25) is 5.91 Å². The van der Waals surface area contributed by atoms with Gasteiger partial charge < -0.3 is 14.4 Å². The van der Waals surface area contributed by atoms with Crippen molar-refractivity contribution in [3.05, 3.63) is 144 Å². The van der Waals surface area contributed by atoms with E-state index in [4.69, 9.17) is 9.47 Å². The van der Waals surface area contributed by atoms with Crippen LogP contribution in [0, 0.1) is 11.8 Å². The van der Waals surface area contributed by atoms with Gasteiger partial charge in [-0.15, -0.1) is 0 Å². The molecule has 2 fully saturated rings. The van der Waals surface area contributed by atoms with Gasteiger partial charge in [-0.2, -0.15) is 0 Å². The Hall–Kier alpha value is -3.77. The molecule has 2 heterocycles. The lowest BCUT2D eigenvalue weighted by Crippen LogP contribution is -2.36. The molecule has 0 aliphatic carbocycles. The molecule has 2 atom stereocenters. The lowest BCUT2D eigenvalue weighted by atomic mass is 10.0. The summed E-state index contributed by atoms with van der Waals surface area (Å²) in [5, 5.41) is 0. The predicted octanol–water partition coefficient (Wildman–Crippen LogP) is 8.54. The van der Waals surface area contributed by atoms with Crippen LogP contribution in [0.3, 0.4) is 0 Å². The van der Waals surface area contributed by atoms with Crippen LogP contribution in [0.5, 0.6) is 0 Å². The van der Waals surface area contributed by atoms with Crippen LogP contribution in [0.4, 0.5) is 0 Å². The second-order valence-corrected chi connectivity index (χ2v) is 13.0. The van der Waals surface area contributed by atoms with E-state index in [9.17, 15) is 4.79 Å². The Morgan fingerprint density at radius 2 is 1.02 bits per heavy atom. The Balaban J connectivity index is 0.000000185. The topological polar surface area (TPSA) is 42.0 Å². The Morgan fingerprint density at radius 1 is 0.532 bits per heavy atom. The molecule has 0 spiro atoms. The summed E-state index contributed by atoms with van der Waals surface area (Å²) in [6.45, 7) is 7.68. The summed E-state index contributed by atoms with van der Waals surface area (Å²) in [7, 11) is 0. The highest BCUT2D eigenvalue weighted by molar-refractivity contribution is 5.79. The minimum absolute atomic E-state index is 0.0140. The lowest BCUT2D eigenvalue weighted by Gasteiger charge is -2.24. The number of benzene rings is 4. The molecule has 0 radical (unpaired) electrons. The van der Waals surface area contributed by atoms with E-state index < -0.39 is 0 Å². The van der Waals surface area contributed by atoms with Crippen molar-refractivity contribution in [1.29, 1.82) is 0 Å². The van der Waals surface area contributed by atoms with E-state index in [0.29, 0.717) is 25.7 Å². The van der Waals surface area contributed by atoms with Gasteiger partial charge in [0.1, 0.15) is 0 Å². The van der Waals surface area contributed by atoms with Crippen LogP contribution >= 0.6 is 0 Å². The zero-order valence-electron chi connectivity index (χ0n) is 27.9. The molecule has 2 unspecified atom stereocenters. The fourth-order valence-electron chi connectivity index (χ4n) is 6.55. The van der Waals surface area contributed by atoms with Crippen molar-refractivity contribution < 1.29 is 14.3 Å². The number of rotatable bonds is 12. The standard InChI is InChI=1S/C21H25NO2.C21H27NO/c23-21-20(17-24-16-19-11-5-2-6-12-19)13-7-8-14-22(21)15-18-9-3-1-4-10-18;1-3-9-19(10-4-1)15-22-14-8-7-13-21(16-22)18-23-17-20-11-5-2-6-12-20/h1-6,9-12,20H,7-8,13-17H2;1-6,9-12,21H,7-8,13-18H2. The maximum absolute atomic E-state index is 12.8. The molecular formula is C42H52N2O3. The van der Waals surface area contributed by atoms with E-state index in [-0.39, 0.29) is 11.8 Å². The van der Waals surface area contributed by atoms with Crippen molar-refractivity contribution in [2.24, 2.45) is 11.8 Å². The van der Waals surface area contributed by atoms with Crippen molar-refractivity contribution in [2.45, 2.75) is 64.8 Å². The maximum Gasteiger partial charge on any atom is 0.228 e. The SMILES string of the molecule is O=C1C(COCc2ccccc2)CCCCN1Cc1ccccc1.c1ccc(COCC2CCCCN(Cc3ccccc3)C2)cc1. The molecule has 248 valence electrons. The van der Waals surface area contributed by atoms with Crippen LogP contribution in [-0.2, 0) is 40.6 Å². The summed E-state index contributed by atoms with van der Waals surface area (Å²) in [6.07, 6.45) is 7.02. The molecule has 47 heavy (non-hydrogen) atoms. The van der Waals surface area contributed by atoms with Gasteiger partial charge in [-0.3, -0.25) is 9.69 Å². The van der Waals surface area contributed by atoms with Crippen molar-refractivity contribution in [3.63, 3.8) is 0 Å². The summed E-state index contributed by atoms with van der Waals surface area (Å²) in [6, 6.07) is 41.6. The second-order valence-electron chi connectivity index (χ2n) is 13.0. The first-order valence-corrected chi connectivity index (χ1v) is 17.6. The average molecular weight is 633 g/mol. The molecule has 4 aromatic rings. The van der Waals surface area contributed by atoms with E-state index in [1.165, 1.54) is 42.5 Å². The average Bonchev–Trinajstić information content (AvgIpc) is 3.44. The van der Waals surface area contributed by atoms with E-state index in [1.807, 2.05) is 41.3 Å². The number of ether oxygens (including phenoxy) is 2. The molecule has 5 heteroatoms. The largest absolute Gasteiger partial charge is 0.376 e. The zero-order chi connectivity index (χ0) is 32.4. The Morgan fingerprint density at radius 3 is 1.62 bits per heavy atom. The lowest BCUT2D eigenvalue weighted by molar-refractivity contribution is -0.137. The second kappa shape index (κ2) is 19.8. The first-order chi connectivity index (χ1) is 23.2. The minimum atomic E-state index is -0.0140. The Bertz CT molecular complexity index is 1400. The van der Waals surface area contributed by atoms with Crippen LogP contribution in [0.1, 0.15) is 60.8 Å². The normalized spacial score (nSPS) is 18.9. The number of carbonyl (C=O) groups is 1. The first-order valence-electron chi connectivity index (χ1n) is 17.6. The van der Waals surface area contributed by atoms with Crippen molar-refractivity contribution in [3.8, 4) is 0 Å². The number of carbonyl (C=O) groups excluding carboxylic acids is 1. The van der Waals surface area contributed by atoms with Crippen LogP contribution < -0.4 is 0 Å². The third-order valence-corrected chi connectivity index (χ3v) is 9.11. The van der Waals surface area contributed by atoms with Crippen LogP contribution in [-0.4, -0.2) is 48.6 Å². The summed E-state index contributed by atoms with van der Waals surface area (Å²) in [5.74, 6) is 0.884. The van der Waals surface area contributed by atoms with E-state index in [1.54, 1.807) is 0 Å². The van der Waals surface area contributed by atoms with Crippen LogP contribution in [0.15, 0.2) is 121 Å². The van der Waals surface area contributed by atoms with Crippen molar-refractivity contribution >= 4 is 5.91 Å². The van der Waals surface area contributed by atoms with Gasteiger partial charge in [0.15, 0.2) is 0 Å². The van der Waals surface area contributed by atoms with Crippen molar-refractivity contribution in [1.82, 2.24) is 9.80 Å². The van der Waals surface area contributed by atoms with Gasteiger partial charge >= 0.3 is 0 Å². The van der Waals surface area contributed by atoms with Gasteiger partial charge in [-0.05, 0) is 60.4 Å². The maximum atomic E-state index is 12.8. The number of nitrogens with zero attached hydrogens (tertiary/aromatic N) is 2. The van der Waals surface area contributed by atoms with E-state index in [2.05, 4.69) is 89.8 Å². The molecule has 2 aliphatic heterocycles. The zero-order valence-corrected chi connectivity index (χ0v) is 27.9. The molecular weight excluding hydrogens is 580 g/mol. The van der Waals surface area contributed by atoms with Gasteiger partial charge in [-0.1, -0.05) is 134 Å². The van der Waals surface area contributed by atoms with Gasteiger partial charge in [0, 0.05) is 26.2 Å². The first kappa shape index (κ1) is 34.6. The van der Waals surface area contributed by atoms with Gasteiger partial charge in [-0.25, -0.2) is 0 Å². The molecule has 2 saturated heterocycles. The number of hydrogen-bond donors (Lipinski definition) is 0. The highest BCUT2D eigenvalue weighted by Crippen LogP contribution is 2.21. The number of amides is 1. The van der Waals surface area contributed by atoms with E-state index in [0.717, 1.165) is 57.7 Å². The van der Waals surface area contributed by atoms with Crippen LogP contribution in [0.25, 0.3) is 0 Å². The molecule has 4 aromatic carbocycles. The molecule has 5 nitrogen and oxygen atoms in total.